The van der Waals surface area contributed by atoms with E-state index in [-0.39, 0.29) is 0 Å². The van der Waals surface area contributed by atoms with E-state index in [9.17, 15) is 0 Å². The van der Waals surface area contributed by atoms with Gasteiger partial charge in [-0.2, -0.15) is 0 Å². The lowest BCUT2D eigenvalue weighted by Gasteiger charge is -2.09. The molecule has 16 heavy (non-hydrogen) atoms. The van der Waals surface area contributed by atoms with E-state index in [1.165, 1.54) is 0 Å². The number of pyridine rings is 1. The number of hydrogen-bond donors (Lipinski definition) is 0. The van der Waals surface area contributed by atoms with Gasteiger partial charge in [0, 0.05) is 18.0 Å². The summed E-state index contributed by atoms with van der Waals surface area (Å²) in [5, 5.41) is 0. The summed E-state index contributed by atoms with van der Waals surface area (Å²) in [6, 6.07) is 9.73. The van der Waals surface area contributed by atoms with Gasteiger partial charge in [-0.15, -0.1) is 0 Å². The van der Waals surface area contributed by atoms with Crippen LogP contribution in [0.15, 0.2) is 42.7 Å². The van der Waals surface area contributed by atoms with Crippen LogP contribution in [0.5, 0.6) is 11.5 Å². The van der Waals surface area contributed by atoms with Crippen molar-refractivity contribution in [2.75, 3.05) is 14.2 Å². The molecule has 0 atom stereocenters. The molecule has 82 valence electrons. The second-order valence-corrected chi connectivity index (χ2v) is 3.31. The summed E-state index contributed by atoms with van der Waals surface area (Å²) in [4.78, 5) is 4.09. The molecule has 0 spiro atoms. The molecule has 1 aromatic carbocycles. The van der Waals surface area contributed by atoms with Gasteiger partial charge in [-0.1, -0.05) is 12.1 Å². The van der Waals surface area contributed by atoms with Gasteiger partial charge in [0.05, 0.1) is 14.2 Å². The van der Waals surface area contributed by atoms with Gasteiger partial charge in [-0.05, 0) is 23.8 Å². The van der Waals surface area contributed by atoms with Crippen molar-refractivity contribution in [1.29, 1.82) is 0 Å². The summed E-state index contributed by atoms with van der Waals surface area (Å²) >= 11 is 0. The molecule has 2 rings (SSSR count). The van der Waals surface area contributed by atoms with Crippen LogP contribution in [0, 0.1) is 0 Å². The molecule has 0 radical (unpaired) electrons. The Kier molecular flexibility index (Phi) is 3.05. The average Bonchev–Trinajstić information content (AvgIpc) is 2.39. The zero-order valence-corrected chi connectivity index (χ0v) is 9.31. The van der Waals surface area contributed by atoms with Gasteiger partial charge >= 0.3 is 0 Å². The Bertz CT molecular complexity index is 469. The van der Waals surface area contributed by atoms with Crippen molar-refractivity contribution in [1.82, 2.24) is 4.98 Å². The summed E-state index contributed by atoms with van der Waals surface area (Å²) in [5.74, 6) is 1.46. The van der Waals surface area contributed by atoms with E-state index in [1.807, 2.05) is 36.5 Å². The molecular formula is C13H13NO2. The van der Waals surface area contributed by atoms with Crippen molar-refractivity contribution in [2.24, 2.45) is 0 Å². The van der Waals surface area contributed by atoms with E-state index >= 15 is 0 Å². The van der Waals surface area contributed by atoms with E-state index < -0.39 is 0 Å². The minimum Gasteiger partial charge on any atom is -0.493 e. The third kappa shape index (κ3) is 1.98. The van der Waals surface area contributed by atoms with Gasteiger partial charge in [0.1, 0.15) is 0 Å². The fourth-order valence-electron chi connectivity index (χ4n) is 1.55. The fraction of sp³-hybridized carbons (Fsp3) is 0.154. The number of hydrogen-bond acceptors (Lipinski definition) is 3. The summed E-state index contributed by atoms with van der Waals surface area (Å²) in [5.41, 5.74) is 2.12. The maximum Gasteiger partial charge on any atom is 0.161 e. The summed E-state index contributed by atoms with van der Waals surface area (Å²) in [6.45, 7) is 0. The summed E-state index contributed by atoms with van der Waals surface area (Å²) < 4.78 is 10.4. The first-order valence-corrected chi connectivity index (χ1v) is 4.97. The zero-order chi connectivity index (χ0) is 11.4. The Hall–Kier alpha value is -2.03. The molecule has 0 saturated carbocycles. The smallest absolute Gasteiger partial charge is 0.161 e. The maximum absolute atomic E-state index is 5.25. The average molecular weight is 215 g/mol. The van der Waals surface area contributed by atoms with Crippen LogP contribution in [-0.2, 0) is 0 Å². The highest BCUT2D eigenvalue weighted by molar-refractivity contribution is 5.66. The molecule has 1 heterocycles. The van der Waals surface area contributed by atoms with Gasteiger partial charge in [0.2, 0.25) is 0 Å². The Labute approximate surface area is 94.7 Å². The highest BCUT2D eigenvalue weighted by Gasteiger charge is 2.05. The highest BCUT2D eigenvalue weighted by atomic mass is 16.5. The summed E-state index contributed by atoms with van der Waals surface area (Å²) in [6.07, 6.45) is 3.57. The predicted molar refractivity (Wildman–Crippen MR) is 62.8 cm³/mol. The monoisotopic (exact) mass is 215 g/mol. The molecule has 0 amide bonds. The summed E-state index contributed by atoms with van der Waals surface area (Å²) in [7, 11) is 3.26. The fourth-order valence-corrected chi connectivity index (χ4v) is 1.55. The number of aromatic nitrogens is 1. The number of ether oxygens (including phenoxy) is 2. The molecule has 0 saturated heterocycles. The van der Waals surface area contributed by atoms with Gasteiger partial charge < -0.3 is 9.47 Å². The van der Waals surface area contributed by atoms with Crippen LogP contribution in [0.1, 0.15) is 0 Å². The first-order chi connectivity index (χ1) is 7.85. The highest BCUT2D eigenvalue weighted by Crippen LogP contribution is 2.31. The normalized spacial score (nSPS) is 9.88. The maximum atomic E-state index is 5.25. The first-order valence-electron chi connectivity index (χ1n) is 4.97. The topological polar surface area (TPSA) is 31.4 Å². The lowest BCUT2D eigenvalue weighted by atomic mass is 10.1. The minimum atomic E-state index is 0.726. The van der Waals surface area contributed by atoms with E-state index in [2.05, 4.69) is 4.98 Å². The first kappa shape index (κ1) is 10.5. The largest absolute Gasteiger partial charge is 0.493 e. The molecule has 0 bridgehead atoms. The minimum absolute atomic E-state index is 0.726. The van der Waals surface area contributed by atoms with Gasteiger partial charge in [-0.25, -0.2) is 0 Å². The van der Waals surface area contributed by atoms with Crippen LogP contribution in [0.25, 0.3) is 11.1 Å². The third-order valence-corrected chi connectivity index (χ3v) is 2.38. The third-order valence-electron chi connectivity index (χ3n) is 2.38. The number of nitrogens with zero attached hydrogens (tertiary/aromatic N) is 1. The second kappa shape index (κ2) is 4.66. The van der Waals surface area contributed by atoms with E-state index in [0.717, 1.165) is 22.6 Å². The van der Waals surface area contributed by atoms with E-state index in [1.54, 1.807) is 20.4 Å². The second-order valence-electron chi connectivity index (χ2n) is 3.31. The van der Waals surface area contributed by atoms with Crippen LogP contribution < -0.4 is 9.47 Å². The molecule has 0 aliphatic carbocycles. The lowest BCUT2D eigenvalue weighted by Crippen LogP contribution is -1.90. The van der Waals surface area contributed by atoms with Crippen LogP contribution in [0.2, 0.25) is 0 Å². The van der Waals surface area contributed by atoms with Crippen LogP contribution in [-0.4, -0.2) is 19.2 Å². The Morgan fingerprint density at radius 1 is 0.938 bits per heavy atom. The SMILES string of the molecule is COc1ccc(-c2cccnc2)cc1OC. The number of benzene rings is 1. The van der Waals surface area contributed by atoms with Crippen molar-refractivity contribution >= 4 is 0 Å². The van der Waals surface area contributed by atoms with Gasteiger partial charge in [0.25, 0.3) is 0 Å². The molecule has 0 fully saturated rings. The molecule has 0 aliphatic heterocycles. The Morgan fingerprint density at radius 3 is 2.38 bits per heavy atom. The van der Waals surface area contributed by atoms with Gasteiger partial charge in [-0.3, -0.25) is 4.98 Å². The van der Waals surface area contributed by atoms with Crippen LogP contribution in [0.4, 0.5) is 0 Å². The molecule has 0 N–H and O–H groups in total. The van der Waals surface area contributed by atoms with Crippen molar-refractivity contribution in [3.8, 4) is 22.6 Å². The predicted octanol–water partition coefficient (Wildman–Crippen LogP) is 2.77. The van der Waals surface area contributed by atoms with Crippen molar-refractivity contribution in [3.63, 3.8) is 0 Å². The molecule has 0 unspecified atom stereocenters. The van der Waals surface area contributed by atoms with Crippen LogP contribution >= 0.6 is 0 Å². The molecule has 3 nitrogen and oxygen atoms in total. The van der Waals surface area contributed by atoms with Gasteiger partial charge in [0.15, 0.2) is 11.5 Å². The Balaban J connectivity index is 2.44. The number of methoxy groups -OCH3 is 2. The Morgan fingerprint density at radius 2 is 1.75 bits per heavy atom. The molecule has 3 heteroatoms. The molecule has 1 aromatic heterocycles. The van der Waals surface area contributed by atoms with Crippen molar-refractivity contribution < 1.29 is 9.47 Å². The molecular weight excluding hydrogens is 202 g/mol. The molecule has 0 aliphatic rings. The van der Waals surface area contributed by atoms with Crippen molar-refractivity contribution in [2.45, 2.75) is 0 Å². The van der Waals surface area contributed by atoms with E-state index in [0.29, 0.717) is 0 Å². The number of rotatable bonds is 3. The zero-order valence-electron chi connectivity index (χ0n) is 9.31. The molecule has 2 aromatic rings. The standard InChI is InChI=1S/C13H13NO2/c1-15-12-6-5-10(8-13(12)16-2)11-4-3-7-14-9-11/h3-9H,1-2H3. The van der Waals surface area contributed by atoms with E-state index in [4.69, 9.17) is 9.47 Å². The van der Waals surface area contributed by atoms with Crippen LogP contribution in [0.3, 0.4) is 0 Å². The van der Waals surface area contributed by atoms with Crippen molar-refractivity contribution in [3.05, 3.63) is 42.7 Å². The lowest BCUT2D eigenvalue weighted by molar-refractivity contribution is 0.355. The quantitative estimate of drug-likeness (QED) is 0.788.